The maximum absolute atomic E-state index is 11.7. The Hall–Kier alpha value is -1.78. The number of carbonyl (C=O) groups excluding carboxylic acids is 1. The third kappa shape index (κ3) is 1.80. The molecule has 86 valence electrons. The maximum atomic E-state index is 11.7. The highest BCUT2D eigenvalue weighted by Crippen LogP contribution is 2.20. The molecule has 0 spiro atoms. The topological polar surface area (TPSA) is 82.2 Å². The van der Waals surface area contributed by atoms with Crippen LogP contribution in [0, 0.1) is 13.8 Å². The minimum atomic E-state index is -0.499. The fraction of sp³-hybridized carbons (Fsp3) is 0.455. The first-order valence-electron chi connectivity index (χ1n) is 5.24. The zero-order chi connectivity index (χ0) is 11.9. The van der Waals surface area contributed by atoms with Gasteiger partial charge < -0.3 is 15.4 Å². The van der Waals surface area contributed by atoms with Crippen molar-refractivity contribution in [1.82, 2.24) is 10.3 Å². The SMILES string of the molecule is Cc1[nH]c(C(=O)NC2CC2)c(O)c(=O)c1C. The lowest BCUT2D eigenvalue weighted by Gasteiger charge is -2.08. The van der Waals surface area contributed by atoms with Crippen molar-refractivity contribution in [2.75, 3.05) is 0 Å². The molecule has 5 heteroatoms. The second kappa shape index (κ2) is 3.66. The van der Waals surface area contributed by atoms with Crippen LogP contribution in [0.5, 0.6) is 5.75 Å². The summed E-state index contributed by atoms with van der Waals surface area (Å²) in [5.74, 6) is -0.915. The number of amides is 1. The molecule has 1 aliphatic rings. The van der Waals surface area contributed by atoms with Gasteiger partial charge in [-0.1, -0.05) is 0 Å². The molecule has 1 aromatic heterocycles. The molecular weight excluding hydrogens is 208 g/mol. The zero-order valence-corrected chi connectivity index (χ0v) is 9.26. The minimum absolute atomic E-state index is 0.0417. The molecule has 0 atom stereocenters. The average molecular weight is 222 g/mol. The number of rotatable bonds is 2. The number of nitrogens with one attached hydrogen (secondary N) is 2. The standard InChI is InChI=1S/C11H14N2O3/c1-5-6(2)12-8(10(15)9(5)14)11(16)13-7-3-4-7/h7,15H,3-4H2,1-2H3,(H,12,14)(H,13,16). The lowest BCUT2D eigenvalue weighted by Crippen LogP contribution is -2.28. The summed E-state index contributed by atoms with van der Waals surface area (Å²) in [5.41, 5.74) is 0.501. The predicted octanol–water partition coefficient (Wildman–Crippen LogP) is 0.590. The molecule has 1 aliphatic carbocycles. The van der Waals surface area contributed by atoms with Crippen LogP contribution in [0.2, 0.25) is 0 Å². The monoisotopic (exact) mass is 222 g/mol. The van der Waals surface area contributed by atoms with E-state index in [0.29, 0.717) is 11.3 Å². The van der Waals surface area contributed by atoms with Gasteiger partial charge in [-0.15, -0.1) is 0 Å². The van der Waals surface area contributed by atoms with E-state index in [1.807, 2.05) is 0 Å². The van der Waals surface area contributed by atoms with Gasteiger partial charge in [0.1, 0.15) is 0 Å². The molecule has 0 aromatic carbocycles. The number of hydrogen-bond acceptors (Lipinski definition) is 3. The Labute approximate surface area is 92.5 Å². The number of aromatic nitrogens is 1. The first kappa shape index (κ1) is 10.7. The van der Waals surface area contributed by atoms with Crippen molar-refractivity contribution < 1.29 is 9.90 Å². The molecule has 0 saturated heterocycles. The minimum Gasteiger partial charge on any atom is -0.503 e. The van der Waals surface area contributed by atoms with Gasteiger partial charge >= 0.3 is 0 Å². The Morgan fingerprint density at radius 2 is 2.06 bits per heavy atom. The summed E-state index contributed by atoms with van der Waals surface area (Å²) < 4.78 is 0. The van der Waals surface area contributed by atoms with Crippen LogP contribution in [0.25, 0.3) is 0 Å². The molecule has 0 radical (unpaired) electrons. The summed E-state index contributed by atoms with van der Waals surface area (Å²) >= 11 is 0. The van der Waals surface area contributed by atoms with E-state index in [4.69, 9.17) is 0 Å². The number of carbonyl (C=O) groups is 1. The van der Waals surface area contributed by atoms with Gasteiger partial charge in [-0.2, -0.15) is 0 Å². The first-order valence-corrected chi connectivity index (χ1v) is 5.24. The van der Waals surface area contributed by atoms with Crippen molar-refractivity contribution in [1.29, 1.82) is 0 Å². The second-order valence-corrected chi connectivity index (χ2v) is 4.18. The number of H-pyrrole nitrogens is 1. The first-order chi connectivity index (χ1) is 7.50. The van der Waals surface area contributed by atoms with Gasteiger partial charge in [-0.3, -0.25) is 9.59 Å². The van der Waals surface area contributed by atoms with Gasteiger partial charge in [0.2, 0.25) is 5.43 Å². The normalized spacial score (nSPS) is 14.9. The molecule has 1 amide bonds. The molecule has 1 aromatic rings. The third-order valence-electron chi connectivity index (χ3n) is 2.81. The highest BCUT2D eigenvalue weighted by atomic mass is 16.3. The van der Waals surface area contributed by atoms with Gasteiger partial charge in [0, 0.05) is 17.3 Å². The maximum Gasteiger partial charge on any atom is 0.271 e. The summed E-state index contributed by atoms with van der Waals surface area (Å²) in [7, 11) is 0. The Kier molecular flexibility index (Phi) is 2.46. The molecule has 1 heterocycles. The molecule has 1 fully saturated rings. The van der Waals surface area contributed by atoms with E-state index in [-0.39, 0.29) is 11.7 Å². The van der Waals surface area contributed by atoms with Crippen molar-refractivity contribution in [3.8, 4) is 5.75 Å². The molecule has 3 N–H and O–H groups in total. The van der Waals surface area contributed by atoms with Gasteiger partial charge in [0.15, 0.2) is 11.4 Å². The fourth-order valence-corrected chi connectivity index (χ4v) is 1.45. The summed E-state index contributed by atoms with van der Waals surface area (Å²) in [5, 5.41) is 12.3. The molecule has 0 unspecified atom stereocenters. The predicted molar refractivity (Wildman–Crippen MR) is 58.7 cm³/mol. The average Bonchev–Trinajstić information content (AvgIpc) is 3.04. The summed E-state index contributed by atoms with van der Waals surface area (Å²) in [4.78, 5) is 26.0. The van der Waals surface area contributed by atoms with Crippen molar-refractivity contribution in [2.45, 2.75) is 32.7 Å². The van der Waals surface area contributed by atoms with E-state index in [1.165, 1.54) is 0 Å². The summed E-state index contributed by atoms with van der Waals surface area (Å²) in [6.07, 6.45) is 1.92. The van der Waals surface area contributed by atoms with E-state index in [2.05, 4.69) is 10.3 Å². The lowest BCUT2D eigenvalue weighted by atomic mass is 10.1. The number of hydrogen-bond donors (Lipinski definition) is 3. The number of aromatic hydroxyl groups is 1. The quantitative estimate of drug-likeness (QED) is 0.685. The molecular formula is C11H14N2O3. The van der Waals surface area contributed by atoms with E-state index in [0.717, 1.165) is 12.8 Å². The van der Waals surface area contributed by atoms with Gasteiger partial charge in [0.25, 0.3) is 5.91 Å². The zero-order valence-electron chi connectivity index (χ0n) is 9.26. The Morgan fingerprint density at radius 3 is 2.62 bits per heavy atom. The summed E-state index contributed by atoms with van der Waals surface area (Å²) in [6.45, 7) is 3.31. The van der Waals surface area contributed by atoms with Crippen molar-refractivity contribution in [3.63, 3.8) is 0 Å². The molecule has 5 nitrogen and oxygen atoms in total. The van der Waals surface area contributed by atoms with Crippen LogP contribution in [0.1, 0.15) is 34.6 Å². The van der Waals surface area contributed by atoms with Crippen molar-refractivity contribution in [2.24, 2.45) is 0 Å². The van der Waals surface area contributed by atoms with Crippen LogP contribution < -0.4 is 10.7 Å². The molecule has 0 bridgehead atoms. The Bertz CT molecular complexity index is 501. The van der Waals surface area contributed by atoms with Crippen LogP contribution in [0.3, 0.4) is 0 Å². The summed E-state index contributed by atoms with van der Waals surface area (Å²) in [6, 6.07) is 0.192. The van der Waals surface area contributed by atoms with Crippen molar-refractivity contribution in [3.05, 3.63) is 27.2 Å². The van der Waals surface area contributed by atoms with E-state index < -0.39 is 17.1 Å². The molecule has 1 saturated carbocycles. The highest BCUT2D eigenvalue weighted by Gasteiger charge is 2.26. The highest BCUT2D eigenvalue weighted by molar-refractivity contribution is 5.95. The third-order valence-corrected chi connectivity index (χ3v) is 2.81. The second-order valence-electron chi connectivity index (χ2n) is 4.18. The largest absolute Gasteiger partial charge is 0.503 e. The fourth-order valence-electron chi connectivity index (χ4n) is 1.45. The van der Waals surface area contributed by atoms with Crippen LogP contribution in [0.4, 0.5) is 0 Å². The van der Waals surface area contributed by atoms with Crippen LogP contribution in [-0.4, -0.2) is 22.0 Å². The number of aromatic amines is 1. The van der Waals surface area contributed by atoms with Crippen LogP contribution >= 0.6 is 0 Å². The van der Waals surface area contributed by atoms with Crippen molar-refractivity contribution >= 4 is 5.91 Å². The van der Waals surface area contributed by atoms with E-state index in [1.54, 1.807) is 13.8 Å². The Balaban J connectivity index is 2.40. The van der Waals surface area contributed by atoms with Crippen LogP contribution in [-0.2, 0) is 0 Å². The van der Waals surface area contributed by atoms with Gasteiger partial charge in [0.05, 0.1) is 0 Å². The van der Waals surface area contributed by atoms with E-state index >= 15 is 0 Å². The van der Waals surface area contributed by atoms with Gasteiger partial charge in [-0.05, 0) is 26.7 Å². The van der Waals surface area contributed by atoms with Crippen LogP contribution in [0.15, 0.2) is 4.79 Å². The lowest BCUT2D eigenvalue weighted by molar-refractivity contribution is 0.0942. The van der Waals surface area contributed by atoms with Gasteiger partial charge in [-0.25, -0.2) is 0 Å². The number of aryl methyl sites for hydroxylation is 1. The molecule has 0 aliphatic heterocycles. The Morgan fingerprint density at radius 1 is 1.44 bits per heavy atom. The molecule has 16 heavy (non-hydrogen) atoms. The molecule has 2 rings (SSSR count). The van der Waals surface area contributed by atoms with E-state index in [9.17, 15) is 14.7 Å². The smallest absolute Gasteiger partial charge is 0.271 e. The number of pyridine rings is 1.